The molecule has 0 spiro atoms. The van der Waals surface area contributed by atoms with Crippen molar-refractivity contribution in [1.82, 2.24) is 10.2 Å². The number of amides is 2. The summed E-state index contributed by atoms with van der Waals surface area (Å²) in [6.07, 6.45) is 5.12. The minimum absolute atomic E-state index is 0.0119. The molecular weight excluding hydrogens is 626 g/mol. The van der Waals surface area contributed by atoms with E-state index < -0.39 is 28.5 Å². The summed E-state index contributed by atoms with van der Waals surface area (Å²) in [6.45, 7) is 3.26. The average molecular weight is 661 g/mol. The molecule has 10 heteroatoms. The number of sulfonamides is 1. The molecule has 0 aromatic heterocycles. The third-order valence-electron chi connectivity index (χ3n) is 7.39. The van der Waals surface area contributed by atoms with Crippen LogP contribution in [0.2, 0.25) is 5.02 Å². The van der Waals surface area contributed by atoms with E-state index in [4.69, 9.17) is 11.6 Å². The molecule has 2 amide bonds. The summed E-state index contributed by atoms with van der Waals surface area (Å²) < 4.78 is 29.7. The first-order valence-corrected chi connectivity index (χ1v) is 16.3. The van der Waals surface area contributed by atoms with Gasteiger partial charge in [0.1, 0.15) is 12.6 Å². The Bertz CT molecular complexity index is 1440. The molecule has 1 saturated carbocycles. The predicted octanol–water partition coefficient (Wildman–Crippen LogP) is 6.47. The van der Waals surface area contributed by atoms with E-state index in [1.54, 1.807) is 31.2 Å². The van der Waals surface area contributed by atoms with Crippen LogP contribution >= 0.6 is 27.5 Å². The summed E-state index contributed by atoms with van der Waals surface area (Å²) in [6, 6.07) is 19.5. The van der Waals surface area contributed by atoms with Gasteiger partial charge in [0.05, 0.1) is 10.6 Å². The van der Waals surface area contributed by atoms with Crippen LogP contribution in [-0.2, 0) is 26.2 Å². The molecular formula is C31H35BrClN3O4S. The first-order valence-electron chi connectivity index (χ1n) is 13.7. The van der Waals surface area contributed by atoms with Crippen molar-refractivity contribution in [3.05, 3.63) is 93.4 Å². The quantitative estimate of drug-likeness (QED) is 0.270. The number of halogens is 2. The smallest absolute Gasteiger partial charge is 0.264 e. The fourth-order valence-electron chi connectivity index (χ4n) is 4.91. The molecule has 1 aliphatic carbocycles. The van der Waals surface area contributed by atoms with Gasteiger partial charge in [-0.15, -0.1) is 0 Å². The van der Waals surface area contributed by atoms with Crippen LogP contribution in [0.5, 0.6) is 0 Å². The van der Waals surface area contributed by atoms with E-state index in [0.717, 1.165) is 52.0 Å². The zero-order chi connectivity index (χ0) is 29.6. The van der Waals surface area contributed by atoms with E-state index in [9.17, 15) is 18.0 Å². The number of nitrogens with zero attached hydrogens (tertiary/aromatic N) is 2. The van der Waals surface area contributed by atoms with Crippen LogP contribution in [0.3, 0.4) is 0 Å². The number of rotatable bonds is 10. The van der Waals surface area contributed by atoms with E-state index in [0.29, 0.717) is 10.7 Å². The molecule has 3 aromatic rings. The van der Waals surface area contributed by atoms with Gasteiger partial charge in [-0.1, -0.05) is 76.6 Å². The third kappa shape index (κ3) is 8.11. The number of anilines is 1. The number of nitrogens with one attached hydrogen (secondary N) is 1. The fourth-order valence-corrected chi connectivity index (χ4v) is 6.72. The minimum Gasteiger partial charge on any atom is -0.352 e. The zero-order valence-electron chi connectivity index (χ0n) is 23.2. The number of aryl methyl sites for hydroxylation is 1. The van der Waals surface area contributed by atoms with E-state index in [1.165, 1.54) is 29.2 Å². The summed E-state index contributed by atoms with van der Waals surface area (Å²) in [5.74, 6) is -0.734. The SMILES string of the molecule is Cc1ccc(N(CC(=O)N(Cc2ccc(Br)cc2)C(C)C(=O)NC2CCCCC2)S(=O)(=O)c2ccc(Cl)cc2)cc1. The van der Waals surface area contributed by atoms with Crippen molar-refractivity contribution in [2.45, 2.75) is 69.5 Å². The van der Waals surface area contributed by atoms with Gasteiger partial charge in [-0.2, -0.15) is 0 Å². The van der Waals surface area contributed by atoms with Crippen molar-refractivity contribution in [1.29, 1.82) is 0 Å². The van der Waals surface area contributed by atoms with Gasteiger partial charge in [0.2, 0.25) is 11.8 Å². The zero-order valence-corrected chi connectivity index (χ0v) is 26.4. The maximum absolute atomic E-state index is 14.0. The molecule has 3 aromatic carbocycles. The molecule has 218 valence electrons. The van der Waals surface area contributed by atoms with E-state index in [-0.39, 0.29) is 23.4 Å². The summed E-state index contributed by atoms with van der Waals surface area (Å²) in [5.41, 5.74) is 2.12. The molecule has 1 aliphatic rings. The van der Waals surface area contributed by atoms with Gasteiger partial charge in [-0.3, -0.25) is 13.9 Å². The lowest BCUT2D eigenvalue weighted by molar-refractivity contribution is -0.139. The van der Waals surface area contributed by atoms with Crippen LogP contribution in [0.15, 0.2) is 82.2 Å². The normalized spacial score (nSPS) is 14.7. The highest BCUT2D eigenvalue weighted by atomic mass is 79.9. The first kappa shape index (κ1) is 31.1. The molecule has 1 atom stereocenters. The Labute approximate surface area is 256 Å². The van der Waals surface area contributed by atoms with Crippen LogP contribution in [0.4, 0.5) is 5.69 Å². The standard InChI is InChI=1S/C31H35BrClN3O4S/c1-22-8-16-28(17-9-22)36(41(39,40)29-18-14-26(33)15-19-29)21-30(37)35(20-24-10-12-25(32)13-11-24)23(2)31(38)34-27-6-4-3-5-7-27/h8-19,23,27H,3-7,20-21H2,1-2H3,(H,34,38). The molecule has 0 aliphatic heterocycles. The van der Waals surface area contributed by atoms with Crippen molar-refractivity contribution >= 4 is 55.1 Å². The Morgan fingerprint density at radius 2 is 1.56 bits per heavy atom. The molecule has 7 nitrogen and oxygen atoms in total. The second-order valence-electron chi connectivity index (χ2n) is 10.5. The lowest BCUT2D eigenvalue weighted by atomic mass is 9.95. The summed E-state index contributed by atoms with van der Waals surface area (Å²) in [5, 5.41) is 3.52. The Morgan fingerprint density at radius 3 is 2.17 bits per heavy atom. The largest absolute Gasteiger partial charge is 0.352 e. The molecule has 0 radical (unpaired) electrons. The van der Waals surface area contributed by atoms with Crippen molar-refractivity contribution in [3.63, 3.8) is 0 Å². The van der Waals surface area contributed by atoms with Crippen LogP contribution in [0.1, 0.15) is 50.2 Å². The monoisotopic (exact) mass is 659 g/mol. The van der Waals surface area contributed by atoms with Crippen molar-refractivity contribution in [3.8, 4) is 0 Å². The number of carbonyl (C=O) groups excluding carboxylic acids is 2. The van der Waals surface area contributed by atoms with E-state index >= 15 is 0 Å². The van der Waals surface area contributed by atoms with Gasteiger partial charge in [0.15, 0.2) is 0 Å². The fraction of sp³-hybridized carbons (Fsp3) is 0.355. The lowest BCUT2D eigenvalue weighted by Crippen LogP contribution is -2.53. The lowest BCUT2D eigenvalue weighted by Gasteiger charge is -2.33. The van der Waals surface area contributed by atoms with Crippen molar-refractivity contribution in [2.75, 3.05) is 10.8 Å². The highest BCUT2D eigenvalue weighted by Crippen LogP contribution is 2.26. The summed E-state index contributed by atoms with van der Waals surface area (Å²) in [4.78, 5) is 28.9. The maximum Gasteiger partial charge on any atom is 0.264 e. The predicted molar refractivity (Wildman–Crippen MR) is 166 cm³/mol. The Balaban J connectivity index is 1.66. The Morgan fingerprint density at radius 1 is 0.951 bits per heavy atom. The Kier molecular flexibility index (Phi) is 10.5. The first-order chi connectivity index (χ1) is 19.5. The number of benzene rings is 3. The van der Waals surface area contributed by atoms with E-state index in [1.807, 2.05) is 31.2 Å². The highest BCUT2D eigenvalue weighted by molar-refractivity contribution is 9.10. The van der Waals surface area contributed by atoms with Crippen LogP contribution in [0.25, 0.3) is 0 Å². The summed E-state index contributed by atoms with van der Waals surface area (Å²) >= 11 is 9.45. The van der Waals surface area contributed by atoms with E-state index in [2.05, 4.69) is 21.2 Å². The molecule has 1 fully saturated rings. The van der Waals surface area contributed by atoms with Gasteiger partial charge in [0, 0.05) is 22.1 Å². The van der Waals surface area contributed by atoms with Gasteiger partial charge >= 0.3 is 0 Å². The second-order valence-corrected chi connectivity index (χ2v) is 13.7. The van der Waals surface area contributed by atoms with Crippen LogP contribution in [0, 0.1) is 6.92 Å². The molecule has 1 N–H and O–H groups in total. The molecule has 0 bridgehead atoms. The number of hydrogen-bond acceptors (Lipinski definition) is 4. The molecule has 0 heterocycles. The van der Waals surface area contributed by atoms with Gasteiger partial charge in [-0.25, -0.2) is 8.42 Å². The molecule has 41 heavy (non-hydrogen) atoms. The number of carbonyl (C=O) groups is 2. The van der Waals surface area contributed by atoms with Gasteiger partial charge in [-0.05, 0) is 80.8 Å². The average Bonchev–Trinajstić information content (AvgIpc) is 2.96. The number of hydrogen-bond donors (Lipinski definition) is 1. The second kappa shape index (κ2) is 13.9. The van der Waals surface area contributed by atoms with Crippen molar-refractivity contribution in [2.24, 2.45) is 0 Å². The van der Waals surface area contributed by atoms with Gasteiger partial charge < -0.3 is 10.2 Å². The third-order valence-corrected chi connectivity index (χ3v) is 9.96. The molecule has 0 saturated heterocycles. The highest BCUT2D eigenvalue weighted by Gasteiger charge is 2.33. The molecule has 4 rings (SSSR count). The Hall–Kier alpha value is -2.88. The van der Waals surface area contributed by atoms with Crippen LogP contribution in [-0.4, -0.2) is 43.8 Å². The minimum atomic E-state index is -4.14. The topological polar surface area (TPSA) is 86.8 Å². The van der Waals surface area contributed by atoms with Crippen molar-refractivity contribution < 1.29 is 18.0 Å². The summed E-state index contributed by atoms with van der Waals surface area (Å²) in [7, 11) is -4.14. The maximum atomic E-state index is 14.0. The molecule has 1 unspecified atom stereocenters. The van der Waals surface area contributed by atoms with Crippen LogP contribution < -0.4 is 9.62 Å². The van der Waals surface area contributed by atoms with Gasteiger partial charge in [0.25, 0.3) is 10.0 Å².